The molecule has 0 aromatic heterocycles. The number of hydrogen-bond acceptors (Lipinski definition) is 4. The fraction of sp³-hybridized carbons (Fsp3) is 0.889. The molecule has 0 rings (SSSR count). The minimum absolute atomic E-state index is 0.160. The number of nitrogens with one attached hydrogen (secondary N) is 1. The summed E-state index contributed by atoms with van der Waals surface area (Å²) >= 11 is 0. The lowest BCUT2D eigenvalue weighted by atomic mass is 10.2. The molecule has 0 spiro atoms. The molecule has 0 saturated carbocycles. The highest BCUT2D eigenvalue weighted by Crippen LogP contribution is 2.06. The number of carbonyl (C=O) groups excluding carboxylic acids is 1. The quantitative estimate of drug-likeness (QED) is 0.608. The van der Waals surface area contributed by atoms with Crippen LogP contribution in [0.15, 0.2) is 0 Å². The Kier molecular flexibility index (Phi) is 5.49. The van der Waals surface area contributed by atoms with Gasteiger partial charge in [-0.05, 0) is 20.8 Å². The van der Waals surface area contributed by atoms with Crippen molar-refractivity contribution in [1.29, 1.82) is 0 Å². The molecule has 0 aromatic rings. The molecule has 0 radical (unpaired) electrons. The SMILES string of the molecule is CC(C)(C)OC(=O)NCC(CO)CO. The summed E-state index contributed by atoms with van der Waals surface area (Å²) in [5.41, 5.74) is -0.530. The normalized spacial score (nSPS) is 11.6. The number of aliphatic hydroxyl groups is 2. The third kappa shape index (κ3) is 6.68. The number of rotatable bonds is 4. The van der Waals surface area contributed by atoms with Crippen LogP contribution in [0.3, 0.4) is 0 Å². The van der Waals surface area contributed by atoms with Crippen molar-refractivity contribution in [3.63, 3.8) is 0 Å². The van der Waals surface area contributed by atoms with E-state index in [-0.39, 0.29) is 25.7 Å². The zero-order valence-corrected chi connectivity index (χ0v) is 8.91. The van der Waals surface area contributed by atoms with Gasteiger partial charge in [-0.15, -0.1) is 0 Å². The zero-order valence-electron chi connectivity index (χ0n) is 8.91. The zero-order chi connectivity index (χ0) is 11.2. The van der Waals surface area contributed by atoms with Crippen LogP contribution in [0.5, 0.6) is 0 Å². The predicted octanol–water partition coefficient (Wildman–Crippen LogP) is 0.112. The number of carbonyl (C=O) groups is 1. The van der Waals surface area contributed by atoms with Gasteiger partial charge in [0.1, 0.15) is 5.60 Å². The van der Waals surface area contributed by atoms with Crippen LogP contribution in [0.2, 0.25) is 0 Å². The third-order valence-electron chi connectivity index (χ3n) is 1.45. The van der Waals surface area contributed by atoms with E-state index in [4.69, 9.17) is 14.9 Å². The summed E-state index contributed by atoms with van der Waals surface area (Å²) in [7, 11) is 0. The van der Waals surface area contributed by atoms with Gasteiger partial charge in [-0.3, -0.25) is 0 Å². The third-order valence-corrected chi connectivity index (χ3v) is 1.45. The van der Waals surface area contributed by atoms with E-state index >= 15 is 0 Å². The Morgan fingerprint density at radius 2 is 1.86 bits per heavy atom. The second-order valence-corrected chi connectivity index (χ2v) is 4.11. The van der Waals surface area contributed by atoms with Crippen molar-refractivity contribution in [3.05, 3.63) is 0 Å². The molecule has 0 aliphatic heterocycles. The molecule has 0 aromatic carbocycles. The Hall–Kier alpha value is -0.810. The van der Waals surface area contributed by atoms with E-state index in [0.717, 1.165) is 0 Å². The maximum atomic E-state index is 11.1. The maximum Gasteiger partial charge on any atom is 0.407 e. The van der Waals surface area contributed by atoms with Crippen LogP contribution < -0.4 is 5.32 Å². The lowest BCUT2D eigenvalue weighted by molar-refractivity contribution is 0.0501. The number of aliphatic hydroxyl groups excluding tert-OH is 2. The molecule has 5 nitrogen and oxygen atoms in total. The fourth-order valence-corrected chi connectivity index (χ4v) is 0.729. The van der Waals surface area contributed by atoms with Crippen LogP contribution >= 0.6 is 0 Å². The van der Waals surface area contributed by atoms with Gasteiger partial charge in [0, 0.05) is 25.7 Å². The molecule has 84 valence electrons. The van der Waals surface area contributed by atoms with E-state index in [2.05, 4.69) is 5.32 Å². The summed E-state index contributed by atoms with van der Waals surface area (Å²) in [5.74, 6) is -0.331. The number of amides is 1. The Labute approximate surface area is 84.1 Å². The Morgan fingerprint density at radius 1 is 1.36 bits per heavy atom. The fourth-order valence-electron chi connectivity index (χ4n) is 0.729. The van der Waals surface area contributed by atoms with Crippen molar-refractivity contribution in [2.75, 3.05) is 19.8 Å². The monoisotopic (exact) mass is 205 g/mol. The maximum absolute atomic E-state index is 11.1. The van der Waals surface area contributed by atoms with Crippen molar-refractivity contribution >= 4 is 6.09 Å². The molecule has 0 heterocycles. The first kappa shape index (κ1) is 13.2. The van der Waals surface area contributed by atoms with Crippen molar-refractivity contribution in [2.45, 2.75) is 26.4 Å². The Bertz CT molecular complexity index is 172. The summed E-state index contributed by atoms with van der Waals surface area (Å²) in [6, 6.07) is 0. The topological polar surface area (TPSA) is 78.8 Å². The summed E-state index contributed by atoms with van der Waals surface area (Å²) in [4.78, 5) is 11.1. The van der Waals surface area contributed by atoms with Gasteiger partial charge < -0.3 is 20.3 Å². The number of alkyl carbamates (subject to hydrolysis) is 1. The molecule has 0 unspecified atom stereocenters. The molecule has 14 heavy (non-hydrogen) atoms. The smallest absolute Gasteiger partial charge is 0.407 e. The highest BCUT2D eigenvalue weighted by atomic mass is 16.6. The van der Waals surface area contributed by atoms with E-state index in [1.165, 1.54) is 0 Å². The van der Waals surface area contributed by atoms with E-state index in [1.54, 1.807) is 20.8 Å². The summed E-state index contributed by atoms with van der Waals surface area (Å²) in [5, 5.41) is 19.9. The highest BCUT2D eigenvalue weighted by molar-refractivity contribution is 5.67. The van der Waals surface area contributed by atoms with Crippen LogP contribution in [0, 0.1) is 5.92 Å². The minimum Gasteiger partial charge on any atom is -0.444 e. The van der Waals surface area contributed by atoms with Gasteiger partial charge in [0.15, 0.2) is 0 Å². The van der Waals surface area contributed by atoms with Crippen LogP contribution in [0.1, 0.15) is 20.8 Å². The lowest BCUT2D eigenvalue weighted by Gasteiger charge is -2.20. The first-order valence-electron chi connectivity index (χ1n) is 4.57. The molecule has 0 aliphatic rings. The van der Waals surface area contributed by atoms with E-state index in [0.29, 0.717) is 0 Å². The van der Waals surface area contributed by atoms with Crippen molar-refractivity contribution in [1.82, 2.24) is 5.32 Å². The highest BCUT2D eigenvalue weighted by Gasteiger charge is 2.16. The molecule has 0 saturated heterocycles. The molecule has 0 aliphatic carbocycles. The van der Waals surface area contributed by atoms with Crippen LogP contribution in [0.4, 0.5) is 4.79 Å². The minimum atomic E-state index is -0.538. The van der Waals surface area contributed by atoms with Crippen molar-refractivity contribution in [3.8, 4) is 0 Å². The van der Waals surface area contributed by atoms with Gasteiger partial charge in [-0.2, -0.15) is 0 Å². The van der Waals surface area contributed by atoms with Crippen LogP contribution in [-0.4, -0.2) is 41.7 Å². The van der Waals surface area contributed by atoms with Gasteiger partial charge in [-0.1, -0.05) is 0 Å². The van der Waals surface area contributed by atoms with E-state index in [9.17, 15) is 4.79 Å². The Morgan fingerprint density at radius 3 is 2.21 bits per heavy atom. The van der Waals surface area contributed by atoms with Gasteiger partial charge in [0.2, 0.25) is 0 Å². The molecule has 0 atom stereocenters. The van der Waals surface area contributed by atoms with Gasteiger partial charge in [0.05, 0.1) is 0 Å². The van der Waals surface area contributed by atoms with Gasteiger partial charge in [-0.25, -0.2) is 4.79 Å². The van der Waals surface area contributed by atoms with Gasteiger partial charge >= 0.3 is 6.09 Å². The molecule has 0 bridgehead atoms. The molecule has 5 heteroatoms. The average Bonchev–Trinajstić information content (AvgIpc) is 2.03. The molecular weight excluding hydrogens is 186 g/mol. The molecule has 0 fully saturated rings. The molecular formula is C9H19NO4. The number of hydrogen-bond donors (Lipinski definition) is 3. The summed E-state index contributed by atoms with van der Waals surface area (Å²) in [6.07, 6.45) is -0.538. The van der Waals surface area contributed by atoms with E-state index in [1.807, 2.05) is 0 Å². The molecule has 3 N–H and O–H groups in total. The predicted molar refractivity (Wildman–Crippen MR) is 51.9 cm³/mol. The first-order valence-corrected chi connectivity index (χ1v) is 4.57. The van der Waals surface area contributed by atoms with Crippen LogP contribution in [-0.2, 0) is 4.74 Å². The lowest BCUT2D eigenvalue weighted by Crippen LogP contribution is -2.36. The van der Waals surface area contributed by atoms with Crippen LogP contribution in [0.25, 0.3) is 0 Å². The Balaban J connectivity index is 3.74. The van der Waals surface area contributed by atoms with Gasteiger partial charge in [0.25, 0.3) is 0 Å². The van der Waals surface area contributed by atoms with E-state index < -0.39 is 11.7 Å². The second kappa shape index (κ2) is 5.82. The van der Waals surface area contributed by atoms with Crippen molar-refractivity contribution in [2.24, 2.45) is 5.92 Å². The molecule has 1 amide bonds. The standard InChI is InChI=1S/C9H19NO4/c1-9(2,3)14-8(13)10-4-7(5-11)6-12/h7,11-12H,4-6H2,1-3H3,(H,10,13). The van der Waals surface area contributed by atoms with Crippen molar-refractivity contribution < 1.29 is 19.7 Å². The average molecular weight is 205 g/mol. The summed E-state index contributed by atoms with van der Waals surface area (Å²) in [6.45, 7) is 5.19. The summed E-state index contributed by atoms with van der Waals surface area (Å²) < 4.78 is 4.96. The number of ether oxygens (including phenoxy) is 1. The first-order chi connectivity index (χ1) is 6.39. The largest absolute Gasteiger partial charge is 0.444 e. The second-order valence-electron chi connectivity index (χ2n) is 4.11.